The van der Waals surface area contributed by atoms with E-state index in [1.165, 1.54) is 6.07 Å². The van der Waals surface area contributed by atoms with Crippen LogP contribution in [0.25, 0.3) is 10.9 Å². The Morgan fingerprint density at radius 2 is 1.59 bits per heavy atom. The zero-order valence-corrected chi connectivity index (χ0v) is 39.6. The van der Waals surface area contributed by atoms with Crippen LogP contribution in [0.1, 0.15) is 103 Å². The van der Waals surface area contributed by atoms with Crippen molar-refractivity contribution in [2.45, 2.75) is 89.2 Å². The van der Waals surface area contributed by atoms with Crippen LogP contribution in [-0.2, 0) is 23.9 Å². The van der Waals surface area contributed by atoms with Crippen LogP contribution in [0.3, 0.4) is 0 Å². The number of likely N-dealkylation sites (tertiary alicyclic amines) is 2. The Morgan fingerprint density at radius 3 is 2.36 bits per heavy atom. The minimum Gasteiger partial charge on any atom is -0.489 e. The van der Waals surface area contributed by atoms with E-state index in [9.17, 15) is 33.2 Å². The van der Waals surface area contributed by atoms with Gasteiger partial charge in [0.15, 0.2) is 0 Å². The van der Waals surface area contributed by atoms with E-state index in [1.807, 2.05) is 17.9 Å². The first-order chi connectivity index (χ1) is 33.4. The number of rotatable bonds is 15. The molecule has 15 nitrogen and oxygen atoms in total. The van der Waals surface area contributed by atoms with Gasteiger partial charge < -0.3 is 29.9 Å². The molecule has 0 spiro atoms. The third-order valence-electron chi connectivity index (χ3n) is 14.8. The Hall–Kier alpha value is -5.97. The van der Waals surface area contributed by atoms with E-state index >= 15 is 0 Å². The van der Waals surface area contributed by atoms with Gasteiger partial charge in [0.05, 0.1) is 34.9 Å². The third kappa shape index (κ3) is 10.9. The van der Waals surface area contributed by atoms with Crippen LogP contribution in [0.5, 0.6) is 5.75 Å². The summed E-state index contributed by atoms with van der Waals surface area (Å²) in [5.41, 5.74) is 3.66. The number of hydrogen-bond acceptors (Lipinski definition) is 11. The van der Waals surface area contributed by atoms with E-state index in [4.69, 9.17) is 21.1 Å². The lowest BCUT2D eigenvalue weighted by atomic mass is 9.73. The molecule has 69 heavy (non-hydrogen) atoms. The quantitative estimate of drug-likeness (QED) is 0.0812. The average Bonchev–Trinajstić information content (AvgIpc) is 3.60. The molecule has 4 aliphatic heterocycles. The maximum absolute atomic E-state index is 14.1. The first kappa shape index (κ1) is 48.1. The second-order valence-electron chi connectivity index (χ2n) is 19.1. The van der Waals surface area contributed by atoms with Crippen molar-refractivity contribution in [2.75, 3.05) is 63.1 Å². The lowest BCUT2D eigenvalue weighted by Crippen LogP contribution is -2.54. The van der Waals surface area contributed by atoms with Crippen molar-refractivity contribution in [2.24, 2.45) is 17.8 Å². The predicted octanol–water partition coefficient (Wildman–Crippen LogP) is 7.19. The molecule has 3 saturated heterocycles. The molecule has 0 bridgehead atoms. The van der Waals surface area contributed by atoms with Crippen molar-refractivity contribution >= 4 is 69.3 Å². The van der Waals surface area contributed by atoms with Gasteiger partial charge >= 0.3 is 0 Å². The normalized spacial score (nSPS) is 22.1. The minimum atomic E-state index is -1.01. The number of fused-ring (bicyclic) bond motifs is 2. The summed E-state index contributed by atoms with van der Waals surface area (Å²) < 4.78 is 26.4. The molecule has 5 heterocycles. The molecule has 9 rings (SSSR count). The minimum absolute atomic E-state index is 0.0192. The maximum atomic E-state index is 14.1. The molecule has 1 aliphatic carbocycles. The number of hydrogen-bond donors (Lipinski definition) is 3. The SMILES string of the molecule is C[C@@H](C(=O)Nc1ccc(Cl)c(OC2CCN(C(=O)C3CCN(CCOCCNc4ccc5c(c4)C(=O)N(C4CCC(=O)NC4=O)C5=O)CC3)CC2)c1)[C@H]1CC[C@@H](c2ccnc3ccc(F)cc32)CC1. The second kappa shape index (κ2) is 21.3. The van der Waals surface area contributed by atoms with Crippen LogP contribution in [0.4, 0.5) is 15.8 Å². The van der Waals surface area contributed by atoms with E-state index < -0.39 is 29.7 Å². The Labute approximate surface area is 405 Å². The Balaban J connectivity index is 0.651. The van der Waals surface area contributed by atoms with E-state index in [0.717, 1.165) is 79.5 Å². The van der Waals surface area contributed by atoms with Gasteiger partial charge in [-0.3, -0.25) is 44.0 Å². The summed E-state index contributed by atoms with van der Waals surface area (Å²) in [6, 6.07) is 16.0. The Kier molecular flexibility index (Phi) is 14.9. The number of nitrogens with zero attached hydrogens (tertiary/aromatic N) is 4. The number of piperidine rings is 3. The highest BCUT2D eigenvalue weighted by atomic mass is 35.5. The Morgan fingerprint density at radius 1 is 0.841 bits per heavy atom. The number of benzene rings is 3. The van der Waals surface area contributed by atoms with Gasteiger partial charge in [0.1, 0.15) is 23.7 Å². The molecule has 1 aromatic heterocycles. The van der Waals surface area contributed by atoms with Crippen LogP contribution in [0.15, 0.2) is 66.9 Å². The average molecular weight is 965 g/mol. The predicted molar refractivity (Wildman–Crippen MR) is 257 cm³/mol. The number of imide groups is 2. The van der Waals surface area contributed by atoms with Crippen LogP contribution >= 0.6 is 11.6 Å². The summed E-state index contributed by atoms with van der Waals surface area (Å²) in [5, 5.41) is 9.87. The molecule has 3 N–H and O–H groups in total. The van der Waals surface area contributed by atoms with Crippen molar-refractivity contribution < 1.29 is 42.6 Å². The highest BCUT2D eigenvalue weighted by molar-refractivity contribution is 6.32. The number of carbonyl (C=O) groups excluding carboxylic acids is 6. The monoisotopic (exact) mass is 963 g/mol. The van der Waals surface area contributed by atoms with Crippen LogP contribution in [-0.4, -0.2) is 120 Å². The van der Waals surface area contributed by atoms with Gasteiger partial charge in [-0.15, -0.1) is 0 Å². The molecule has 3 aromatic carbocycles. The molecule has 17 heteroatoms. The zero-order chi connectivity index (χ0) is 48.2. The largest absolute Gasteiger partial charge is 0.489 e. The van der Waals surface area contributed by atoms with E-state index in [0.29, 0.717) is 73.8 Å². The van der Waals surface area contributed by atoms with Crippen molar-refractivity contribution in [1.29, 1.82) is 0 Å². The van der Waals surface area contributed by atoms with Gasteiger partial charge in [0, 0.05) is 86.3 Å². The molecule has 6 amide bonds. The fourth-order valence-electron chi connectivity index (χ4n) is 10.7. The molecule has 4 fully saturated rings. The van der Waals surface area contributed by atoms with E-state index in [1.54, 1.807) is 54.7 Å². The summed E-state index contributed by atoms with van der Waals surface area (Å²) in [6.07, 6.45) is 8.46. The number of amides is 6. The van der Waals surface area contributed by atoms with Crippen molar-refractivity contribution in [3.8, 4) is 5.75 Å². The van der Waals surface area contributed by atoms with Crippen LogP contribution < -0.4 is 20.7 Å². The molecule has 1 saturated carbocycles. The molecule has 1 unspecified atom stereocenters. The highest BCUT2D eigenvalue weighted by Crippen LogP contribution is 2.41. The summed E-state index contributed by atoms with van der Waals surface area (Å²) >= 11 is 6.59. The second-order valence-corrected chi connectivity index (χ2v) is 19.5. The summed E-state index contributed by atoms with van der Waals surface area (Å²) in [7, 11) is 0. The number of carbonyl (C=O) groups is 6. The van der Waals surface area contributed by atoms with Gasteiger partial charge in [-0.25, -0.2) is 4.39 Å². The topological polar surface area (TPSA) is 180 Å². The molecule has 2 atom stereocenters. The third-order valence-corrected chi connectivity index (χ3v) is 15.1. The Bertz CT molecular complexity index is 2610. The van der Waals surface area contributed by atoms with Crippen LogP contribution in [0.2, 0.25) is 5.02 Å². The van der Waals surface area contributed by atoms with Gasteiger partial charge in [-0.2, -0.15) is 0 Å². The van der Waals surface area contributed by atoms with Gasteiger partial charge in [-0.05, 0) is 130 Å². The molecule has 0 radical (unpaired) electrons. The molecule has 364 valence electrons. The summed E-state index contributed by atoms with van der Waals surface area (Å²) in [4.78, 5) is 86.8. The molecular formula is C52H59ClFN7O8. The fourth-order valence-corrected chi connectivity index (χ4v) is 10.9. The van der Waals surface area contributed by atoms with Gasteiger partial charge in [-0.1, -0.05) is 18.5 Å². The maximum Gasteiger partial charge on any atom is 0.262 e. The first-order valence-electron chi connectivity index (χ1n) is 24.4. The lowest BCUT2D eigenvalue weighted by molar-refractivity contribution is -0.139. The molecule has 5 aliphatic rings. The number of nitrogens with one attached hydrogen (secondary N) is 3. The summed E-state index contributed by atoms with van der Waals surface area (Å²) in [5.74, 6) is -1.42. The number of halogens is 2. The van der Waals surface area contributed by atoms with Crippen molar-refractivity contribution in [1.82, 2.24) is 25.0 Å². The fraction of sp³-hybridized carbons (Fsp3) is 0.481. The lowest BCUT2D eigenvalue weighted by Gasteiger charge is -2.37. The number of ether oxygens (including phenoxy) is 2. The van der Waals surface area contributed by atoms with Crippen LogP contribution in [0, 0.1) is 23.6 Å². The highest BCUT2D eigenvalue weighted by Gasteiger charge is 2.45. The number of anilines is 2. The van der Waals surface area contributed by atoms with Gasteiger partial charge in [0.25, 0.3) is 11.8 Å². The first-order valence-corrected chi connectivity index (χ1v) is 24.8. The van der Waals surface area contributed by atoms with Crippen molar-refractivity contribution in [3.63, 3.8) is 0 Å². The number of aromatic nitrogens is 1. The van der Waals surface area contributed by atoms with E-state index in [2.05, 4.69) is 25.8 Å². The van der Waals surface area contributed by atoms with E-state index in [-0.39, 0.29) is 65.5 Å². The standard InChI is InChI=1S/C52H59ClFN7O8/c1-31(32-2-4-33(5-3-32)39-14-19-56-44-11-6-35(54)28-41(39)44)48(63)57-37-8-10-43(53)46(30-37)69-38-17-23-60(24-18-38)50(65)34-15-21-59(22-16-34)25-27-68-26-20-55-36-7-9-40-42(29-36)52(67)61(51(40)66)45-12-13-47(62)58-49(45)64/h6-11,14,19,28-34,38,45,55H,2-5,12-13,15-18,20-27H2,1H3,(H,57,63)(H,58,62,64)/t31-,32-,33+,45?/m1/s1. The van der Waals surface area contributed by atoms with Gasteiger partial charge in [0.2, 0.25) is 23.6 Å². The smallest absolute Gasteiger partial charge is 0.262 e. The molecule has 4 aromatic rings. The molecular weight excluding hydrogens is 905 g/mol. The summed E-state index contributed by atoms with van der Waals surface area (Å²) in [6.45, 7) is 7.01. The zero-order valence-electron chi connectivity index (χ0n) is 38.9. The number of pyridine rings is 1. The van der Waals surface area contributed by atoms with Crippen molar-refractivity contribution in [3.05, 3.63) is 94.4 Å².